The van der Waals surface area contributed by atoms with Gasteiger partial charge in [0.25, 0.3) is 0 Å². The van der Waals surface area contributed by atoms with E-state index in [4.69, 9.17) is 0 Å². The second-order valence-corrected chi connectivity index (χ2v) is 11.7. The van der Waals surface area contributed by atoms with Gasteiger partial charge in [-0.25, -0.2) is 0 Å². The smallest absolute Gasteiger partial charge is 0.244 e. The van der Waals surface area contributed by atoms with Crippen LogP contribution in [0, 0.1) is 13.8 Å². The minimum atomic E-state index is 0.228. The highest BCUT2D eigenvalue weighted by Gasteiger charge is 2.33. The lowest BCUT2D eigenvalue weighted by atomic mass is 9.35. The van der Waals surface area contributed by atoms with Crippen LogP contribution >= 0.6 is 11.8 Å². The van der Waals surface area contributed by atoms with Crippen molar-refractivity contribution in [3.8, 4) is 5.69 Å². The Kier molecular flexibility index (Phi) is 5.05. The van der Waals surface area contributed by atoms with Gasteiger partial charge in [-0.3, -0.25) is 0 Å². The number of hydrogen-bond donors (Lipinski definition) is 0. The Morgan fingerprint density at radius 3 is 2.15 bits per heavy atom. The van der Waals surface area contributed by atoms with E-state index in [9.17, 15) is 0 Å². The molecule has 39 heavy (non-hydrogen) atoms. The number of aryl methyl sites for hydroxylation is 2. The molecular formula is C36H26BNS. The van der Waals surface area contributed by atoms with Crippen molar-refractivity contribution < 1.29 is 0 Å². The number of aromatic nitrogens is 1. The van der Waals surface area contributed by atoms with E-state index in [2.05, 4.69) is 140 Å². The normalized spacial score (nSPS) is 12.7. The highest BCUT2D eigenvalue weighted by molar-refractivity contribution is 8.00. The predicted molar refractivity (Wildman–Crippen MR) is 169 cm³/mol. The largest absolute Gasteiger partial charge is 0.309 e. The highest BCUT2D eigenvalue weighted by Crippen LogP contribution is 2.38. The van der Waals surface area contributed by atoms with Gasteiger partial charge in [-0.1, -0.05) is 136 Å². The van der Waals surface area contributed by atoms with E-state index >= 15 is 0 Å². The summed E-state index contributed by atoms with van der Waals surface area (Å²) in [7, 11) is 0. The molecule has 0 N–H and O–H groups in total. The maximum absolute atomic E-state index is 2.47. The predicted octanol–water partition coefficient (Wildman–Crippen LogP) is 7.53. The zero-order valence-corrected chi connectivity index (χ0v) is 22.8. The number of rotatable bonds is 2. The number of nitrogens with zero attached hydrogens (tertiary/aromatic N) is 1. The zero-order chi connectivity index (χ0) is 26.1. The Hall–Kier alpha value is -4.21. The number of benzene rings is 6. The van der Waals surface area contributed by atoms with Crippen molar-refractivity contribution in [3.63, 3.8) is 0 Å². The molecule has 1 nitrogen and oxygen atoms in total. The fourth-order valence-electron chi connectivity index (χ4n) is 6.68. The Balaban J connectivity index is 1.42. The van der Waals surface area contributed by atoms with Crippen LogP contribution in [0.2, 0.25) is 0 Å². The highest BCUT2D eigenvalue weighted by atomic mass is 32.2. The first-order valence-corrected chi connectivity index (χ1v) is 14.4. The zero-order valence-electron chi connectivity index (χ0n) is 22.0. The SMILES string of the molecule is Cc1cccc(C)c1B1c2ccccc2Sc2cc(-n3c4ccccc4c4ccc5ccccc5c43)ccc21. The van der Waals surface area contributed by atoms with Crippen molar-refractivity contribution in [1.82, 2.24) is 4.57 Å². The van der Waals surface area contributed by atoms with E-state index in [0.717, 1.165) is 0 Å². The minimum Gasteiger partial charge on any atom is -0.309 e. The lowest BCUT2D eigenvalue weighted by Crippen LogP contribution is -2.56. The Bertz CT molecular complexity index is 2070. The van der Waals surface area contributed by atoms with Crippen molar-refractivity contribution in [2.75, 3.05) is 0 Å². The maximum Gasteiger partial charge on any atom is 0.244 e. The van der Waals surface area contributed by atoms with Crippen molar-refractivity contribution in [2.45, 2.75) is 23.6 Å². The van der Waals surface area contributed by atoms with Gasteiger partial charge in [-0.05, 0) is 43.5 Å². The summed E-state index contributed by atoms with van der Waals surface area (Å²) in [5.41, 5.74) is 10.7. The van der Waals surface area contributed by atoms with Crippen LogP contribution in [0.25, 0.3) is 38.3 Å². The molecule has 1 aliphatic rings. The molecule has 7 aromatic rings. The van der Waals surface area contributed by atoms with Crippen LogP contribution in [0.1, 0.15) is 11.1 Å². The molecule has 0 radical (unpaired) electrons. The Morgan fingerprint density at radius 1 is 0.564 bits per heavy atom. The van der Waals surface area contributed by atoms with E-state index in [1.807, 2.05) is 11.8 Å². The molecule has 1 aromatic heterocycles. The van der Waals surface area contributed by atoms with Gasteiger partial charge >= 0.3 is 0 Å². The fraction of sp³-hybridized carbons (Fsp3) is 0.0556. The van der Waals surface area contributed by atoms with Gasteiger partial charge < -0.3 is 4.57 Å². The van der Waals surface area contributed by atoms with Crippen LogP contribution in [0.15, 0.2) is 131 Å². The van der Waals surface area contributed by atoms with Gasteiger partial charge in [-0.15, -0.1) is 0 Å². The standard InChI is InChI=1S/C36H26BNS/c1-23-10-9-11-24(2)35(23)37-30-15-6-8-17-33(30)39-34-22-26(19-21-31(34)37)38-32-16-7-5-14-28(32)29-20-18-25-12-3-4-13-27(25)36(29)38/h3-22H,1-2H3. The van der Waals surface area contributed by atoms with E-state index in [-0.39, 0.29) is 6.71 Å². The summed E-state index contributed by atoms with van der Waals surface area (Å²) in [5.74, 6) is 0. The molecule has 0 aliphatic carbocycles. The fourth-order valence-corrected chi connectivity index (χ4v) is 7.85. The third-order valence-electron chi connectivity index (χ3n) is 8.41. The van der Waals surface area contributed by atoms with Crippen LogP contribution in [-0.2, 0) is 0 Å². The lowest BCUT2D eigenvalue weighted by Gasteiger charge is -2.28. The molecule has 2 heterocycles. The van der Waals surface area contributed by atoms with Gasteiger partial charge in [0.2, 0.25) is 6.71 Å². The molecule has 184 valence electrons. The van der Waals surface area contributed by atoms with Gasteiger partial charge in [0.05, 0.1) is 11.0 Å². The summed E-state index contributed by atoms with van der Waals surface area (Å²) >= 11 is 1.91. The first kappa shape index (κ1) is 22.7. The average molecular weight is 515 g/mol. The molecule has 6 aromatic carbocycles. The molecule has 0 fully saturated rings. The first-order chi connectivity index (χ1) is 19.2. The molecular weight excluding hydrogens is 489 g/mol. The summed E-state index contributed by atoms with van der Waals surface area (Å²) in [6.45, 7) is 4.74. The molecule has 0 saturated heterocycles. The van der Waals surface area contributed by atoms with Gasteiger partial charge in [0.1, 0.15) is 0 Å². The van der Waals surface area contributed by atoms with E-state index in [1.165, 1.54) is 75.6 Å². The van der Waals surface area contributed by atoms with Crippen molar-refractivity contribution in [1.29, 1.82) is 0 Å². The summed E-state index contributed by atoms with van der Waals surface area (Å²) < 4.78 is 2.47. The number of para-hydroxylation sites is 1. The van der Waals surface area contributed by atoms with E-state index < -0.39 is 0 Å². The quantitative estimate of drug-likeness (QED) is 0.216. The second-order valence-electron chi connectivity index (χ2n) is 10.6. The summed E-state index contributed by atoms with van der Waals surface area (Å²) in [6, 6.07) is 44.9. The monoisotopic (exact) mass is 515 g/mol. The Labute approximate surface area is 233 Å². The molecule has 0 unspecified atom stereocenters. The number of fused-ring (bicyclic) bond motifs is 7. The van der Waals surface area contributed by atoms with Gasteiger partial charge in [0.15, 0.2) is 0 Å². The maximum atomic E-state index is 2.47. The van der Waals surface area contributed by atoms with Crippen LogP contribution in [0.5, 0.6) is 0 Å². The molecule has 3 heteroatoms. The van der Waals surface area contributed by atoms with E-state index in [1.54, 1.807) is 0 Å². The molecule has 0 atom stereocenters. The molecule has 0 saturated carbocycles. The van der Waals surface area contributed by atoms with Crippen molar-refractivity contribution in [3.05, 3.63) is 132 Å². The third kappa shape index (κ3) is 3.36. The Morgan fingerprint density at radius 2 is 1.28 bits per heavy atom. The van der Waals surface area contributed by atoms with Crippen LogP contribution in [0.4, 0.5) is 0 Å². The molecule has 0 bridgehead atoms. The topological polar surface area (TPSA) is 4.93 Å². The minimum absolute atomic E-state index is 0.228. The number of hydrogen-bond acceptors (Lipinski definition) is 1. The van der Waals surface area contributed by atoms with Crippen LogP contribution in [0.3, 0.4) is 0 Å². The average Bonchev–Trinajstić information content (AvgIpc) is 3.31. The summed E-state index contributed by atoms with van der Waals surface area (Å²) in [4.78, 5) is 2.69. The van der Waals surface area contributed by atoms with Crippen LogP contribution in [-0.4, -0.2) is 11.3 Å². The van der Waals surface area contributed by atoms with Crippen molar-refractivity contribution >= 4 is 67.4 Å². The van der Waals surface area contributed by atoms with Crippen LogP contribution < -0.4 is 16.4 Å². The van der Waals surface area contributed by atoms with Crippen molar-refractivity contribution in [2.24, 2.45) is 0 Å². The van der Waals surface area contributed by atoms with Gasteiger partial charge in [0, 0.05) is 31.6 Å². The summed E-state index contributed by atoms with van der Waals surface area (Å²) in [5, 5.41) is 5.15. The summed E-state index contributed by atoms with van der Waals surface area (Å²) in [6.07, 6.45) is 0. The lowest BCUT2D eigenvalue weighted by molar-refractivity contribution is 1.17. The molecule has 1 aliphatic heterocycles. The second kappa shape index (κ2) is 8.66. The molecule has 0 amide bonds. The molecule has 0 spiro atoms. The van der Waals surface area contributed by atoms with Gasteiger partial charge in [-0.2, -0.15) is 0 Å². The third-order valence-corrected chi connectivity index (χ3v) is 9.57. The molecule has 8 rings (SSSR count). The first-order valence-electron chi connectivity index (χ1n) is 13.6. The van der Waals surface area contributed by atoms with E-state index in [0.29, 0.717) is 0 Å².